The predicted octanol–water partition coefficient (Wildman–Crippen LogP) is 3.68. The number of unbranched alkanes of at least 4 members (excludes halogenated alkanes) is 1. The summed E-state index contributed by atoms with van der Waals surface area (Å²) >= 11 is 1.52. The Labute approximate surface area is 121 Å². The minimum Gasteiger partial charge on any atom is -0.309 e. The Morgan fingerprint density at radius 2 is 2.16 bits per heavy atom. The van der Waals surface area contributed by atoms with Crippen LogP contribution in [0.4, 0.5) is 0 Å². The monoisotopic (exact) mass is 279 g/mol. The molecular weight excluding hydrogens is 254 g/mol. The molecule has 19 heavy (non-hydrogen) atoms. The lowest BCUT2D eigenvalue weighted by Gasteiger charge is -2.22. The molecule has 0 radical (unpaired) electrons. The SMILES string of the molecule is C#CCCCC(NCCC)c1snnc1C(C)(C)C. The molecule has 0 bridgehead atoms. The van der Waals surface area contributed by atoms with Crippen molar-refractivity contribution in [2.75, 3.05) is 6.54 Å². The van der Waals surface area contributed by atoms with Gasteiger partial charge in [0.2, 0.25) is 0 Å². The Morgan fingerprint density at radius 3 is 2.74 bits per heavy atom. The van der Waals surface area contributed by atoms with E-state index in [1.807, 2.05) is 0 Å². The number of terminal acetylenes is 1. The summed E-state index contributed by atoms with van der Waals surface area (Å²) in [7, 11) is 0. The van der Waals surface area contributed by atoms with Gasteiger partial charge in [0.1, 0.15) is 0 Å². The summed E-state index contributed by atoms with van der Waals surface area (Å²) in [5.74, 6) is 2.71. The average Bonchev–Trinajstić information content (AvgIpc) is 2.82. The highest BCUT2D eigenvalue weighted by Gasteiger charge is 2.26. The van der Waals surface area contributed by atoms with Crippen molar-refractivity contribution >= 4 is 11.5 Å². The van der Waals surface area contributed by atoms with Crippen LogP contribution in [-0.4, -0.2) is 16.1 Å². The lowest BCUT2D eigenvalue weighted by atomic mass is 9.89. The third kappa shape index (κ3) is 4.93. The molecule has 0 aliphatic carbocycles. The molecule has 0 aliphatic rings. The minimum absolute atomic E-state index is 0.0423. The van der Waals surface area contributed by atoms with Crippen LogP contribution >= 0.6 is 11.5 Å². The summed E-state index contributed by atoms with van der Waals surface area (Å²) in [5, 5.41) is 7.94. The summed E-state index contributed by atoms with van der Waals surface area (Å²) < 4.78 is 4.16. The van der Waals surface area contributed by atoms with Gasteiger partial charge >= 0.3 is 0 Å². The molecule has 1 aromatic rings. The summed E-state index contributed by atoms with van der Waals surface area (Å²) in [6.07, 6.45) is 9.40. The first-order valence-electron chi connectivity index (χ1n) is 7.00. The number of hydrogen-bond donors (Lipinski definition) is 1. The third-order valence-electron chi connectivity index (χ3n) is 2.99. The number of rotatable bonds is 7. The van der Waals surface area contributed by atoms with Gasteiger partial charge in [-0.3, -0.25) is 0 Å². The zero-order chi connectivity index (χ0) is 14.3. The molecule has 0 fully saturated rings. The van der Waals surface area contributed by atoms with Gasteiger partial charge in [0.25, 0.3) is 0 Å². The van der Waals surface area contributed by atoms with Crippen LogP contribution in [0.2, 0.25) is 0 Å². The van der Waals surface area contributed by atoms with Crippen LogP contribution in [0.1, 0.15) is 70.0 Å². The fraction of sp³-hybridized carbons (Fsp3) is 0.733. The molecule has 1 rings (SSSR count). The first-order chi connectivity index (χ1) is 9.00. The molecule has 1 heterocycles. The van der Waals surface area contributed by atoms with E-state index < -0.39 is 0 Å². The fourth-order valence-electron chi connectivity index (χ4n) is 2.00. The number of aromatic nitrogens is 2. The molecule has 0 spiro atoms. The standard InChI is InChI=1S/C15H25N3S/c1-6-8-9-10-12(16-11-7-2)13-14(15(3,4)5)17-18-19-13/h1,12,16H,7-11H2,2-5H3. The maximum absolute atomic E-state index is 5.34. The van der Waals surface area contributed by atoms with Gasteiger partial charge in [0.05, 0.1) is 10.6 Å². The first-order valence-corrected chi connectivity index (χ1v) is 7.77. The Balaban J connectivity index is 2.84. The molecular formula is C15H25N3S. The normalized spacial score (nSPS) is 13.2. The molecule has 1 unspecified atom stereocenters. The van der Waals surface area contributed by atoms with E-state index in [0.29, 0.717) is 6.04 Å². The molecule has 0 aliphatic heterocycles. The topological polar surface area (TPSA) is 37.8 Å². The largest absolute Gasteiger partial charge is 0.309 e. The van der Waals surface area contributed by atoms with Gasteiger partial charge < -0.3 is 5.32 Å². The van der Waals surface area contributed by atoms with Gasteiger partial charge in [0.15, 0.2) is 0 Å². The zero-order valence-electron chi connectivity index (χ0n) is 12.5. The molecule has 4 heteroatoms. The van der Waals surface area contributed by atoms with Crippen LogP contribution in [0.5, 0.6) is 0 Å². The molecule has 0 aromatic carbocycles. The van der Waals surface area contributed by atoms with Crippen LogP contribution in [-0.2, 0) is 5.41 Å². The summed E-state index contributed by atoms with van der Waals surface area (Å²) in [4.78, 5) is 1.28. The van der Waals surface area contributed by atoms with Crippen molar-refractivity contribution in [3.8, 4) is 12.3 Å². The highest BCUT2D eigenvalue weighted by molar-refractivity contribution is 7.05. The van der Waals surface area contributed by atoms with Crippen LogP contribution in [0.15, 0.2) is 0 Å². The van der Waals surface area contributed by atoms with Crippen LogP contribution < -0.4 is 5.32 Å². The Morgan fingerprint density at radius 1 is 1.42 bits per heavy atom. The van der Waals surface area contributed by atoms with Crippen molar-refractivity contribution in [2.45, 2.75) is 64.8 Å². The van der Waals surface area contributed by atoms with E-state index in [0.717, 1.165) is 37.9 Å². The van der Waals surface area contributed by atoms with Gasteiger partial charge in [0, 0.05) is 17.9 Å². The van der Waals surface area contributed by atoms with Gasteiger partial charge in [-0.15, -0.1) is 17.4 Å². The quantitative estimate of drug-likeness (QED) is 0.611. The van der Waals surface area contributed by atoms with E-state index >= 15 is 0 Å². The first kappa shape index (κ1) is 16.1. The molecule has 0 amide bonds. The number of nitrogens with zero attached hydrogens (tertiary/aromatic N) is 2. The van der Waals surface area contributed by atoms with Crippen molar-refractivity contribution in [3.63, 3.8) is 0 Å². The van der Waals surface area contributed by atoms with Crippen molar-refractivity contribution in [3.05, 3.63) is 10.6 Å². The molecule has 1 N–H and O–H groups in total. The van der Waals surface area contributed by atoms with Crippen molar-refractivity contribution in [1.29, 1.82) is 0 Å². The fourth-order valence-corrected chi connectivity index (χ4v) is 2.97. The van der Waals surface area contributed by atoms with Crippen LogP contribution in [0.25, 0.3) is 0 Å². The summed E-state index contributed by atoms with van der Waals surface area (Å²) in [5.41, 5.74) is 1.16. The lowest BCUT2D eigenvalue weighted by Crippen LogP contribution is -2.25. The van der Waals surface area contributed by atoms with Crippen molar-refractivity contribution in [2.24, 2.45) is 0 Å². The van der Waals surface area contributed by atoms with Gasteiger partial charge in [-0.2, -0.15) is 0 Å². The highest BCUT2D eigenvalue weighted by atomic mass is 32.1. The van der Waals surface area contributed by atoms with Gasteiger partial charge in [-0.1, -0.05) is 32.2 Å². The van der Waals surface area contributed by atoms with E-state index in [9.17, 15) is 0 Å². The maximum Gasteiger partial charge on any atom is 0.0857 e. The molecule has 0 saturated heterocycles. The second-order valence-corrected chi connectivity index (χ2v) is 6.62. The van der Waals surface area contributed by atoms with E-state index in [1.54, 1.807) is 0 Å². The van der Waals surface area contributed by atoms with Crippen LogP contribution in [0.3, 0.4) is 0 Å². The highest BCUT2D eigenvalue weighted by Crippen LogP contribution is 2.32. The molecule has 1 aromatic heterocycles. The van der Waals surface area contributed by atoms with Gasteiger partial charge in [-0.05, 0) is 37.3 Å². The Hall–Kier alpha value is -0.920. The maximum atomic E-state index is 5.34. The molecule has 106 valence electrons. The zero-order valence-corrected chi connectivity index (χ0v) is 13.3. The van der Waals surface area contributed by atoms with E-state index in [-0.39, 0.29) is 5.41 Å². The molecule has 0 saturated carbocycles. The second kappa shape index (κ2) is 7.62. The Bertz CT molecular complexity index is 412. The van der Waals surface area contributed by atoms with E-state index in [1.165, 1.54) is 16.4 Å². The van der Waals surface area contributed by atoms with Crippen molar-refractivity contribution < 1.29 is 0 Å². The summed E-state index contributed by atoms with van der Waals surface area (Å²) in [6.45, 7) is 9.76. The average molecular weight is 279 g/mol. The lowest BCUT2D eigenvalue weighted by molar-refractivity contribution is 0.474. The predicted molar refractivity (Wildman–Crippen MR) is 82.3 cm³/mol. The van der Waals surface area contributed by atoms with Crippen LogP contribution in [0, 0.1) is 12.3 Å². The van der Waals surface area contributed by atoms with Gasteiger partial charge in [-0.25, -0.2) is 0 Å². The number of hydrogen-bond acceptors (Lipinski definition) is 4. The van der Waals surface area contributed by atoms with E-state index in [2.05, 4.69) is 48.5 Å². The van der Waals surface area contributed by atoms with Crippen molar-refractivity contribution in [1.82, 2.24) is 14.9 Å². The second-order valence-electron chi connectivity index (χ2n) is 5.84. The molecule has 1 atom stereocenters. The summed E-state index contributed by atoms with van der Waals surface area (Å²) in [6, 6.07) is 0.336. The minimum atomic E-state index is 0.0423. The van der Waals surface area contributed by atoms with E-state index in [4.69, 9.17) is 6.42 Å². The number of nitrogens with one attached hydrogen (secondary N) is 1. The molecule has 3 nitrogen and oxygen atoms in total. The third-order valence-corrected chi connectivity index (χ3v) is 3.83. The Kier molecular flexibility index (Phi) is 6.47. The smallest absolute Gasteiger partial charge is 0.0857 e.